The van der Waals surface area contributed by atoms with Crippen LogP contribution in [0.3, 0.4) is 0 Å². The molecule has 0 unspecified atom stereocenters. The van der Waals surface area contributed by atoms with Gasteiger partial charge in [0, 0.05) is 36.4 Å². The molecule has 0 fully saturated rings. The van der Waals surface area contributed by atoms with Gasteiger partial charge in [-0.2, -0.15) is 0 Å². The summed E-state index contributed by atoms with van der Waals surface area (Å²) in [7, 11) is 0. The first-order valence-corrected chi connectivity index (χ1v) is 10.4. The van der Waals surface area contributed by atoms with Gasteiger partial charge in [0.1, 0.15) is 6.61 Å². The summed E-state index contributed by atoms with van der Waals surface area (Å²) in [6, 6.07) is 10.2. The number of benzene rings is 2. The first-order valence-electron chi connectivity index (χ1n) is 9.65. The number of halogens is 1. The van der Waals surface area contributed by atoms with Crippen LogP contribution in [0.25, 0.3) is 0 Å². The Bertz CT molecular complexity index is 783. The molecular weight excluding hydrogens is 440 g/mol. The van der Waals surface area contributed by atoms with Crippen LogP contribution in [0.2, 0.25) is 0 Å². The lowest BCUT2D eigenvalue weighted by atomic mass is 10.2. The second-order valence-corrected chi connectivity index (χ2v) is 7.12. The summed E-state index contributed by atoms with van der Waals surface area (Å²) < 4.78 is 17.9. The fraction of sp³-hybridized carbons (Fsp3) is 0.429. The molecule has 1 N–H and O–H groups in total. The van der Waals surface area contributed by atoms with E-state index in [0.29, 0.717) is 31.3 Å². The fourth-order valence-corrected chi connectivity index (χ4v) is 3.10. The van der Waals surface area contributed by atoms with Gasteiger partial charge in [0.25, 0.3) is 5.69 Å². The van der Waals surface area contributed by atoms with Crippen LogP contribution >= 0.6 is 15.9 Å². The van der Waals surface area contributed by atoms with Gasteiger partial charge in [0.05, 0.1) is 11.5 Å². The Morgan fingerprint density at radius 2 is 1.79 bits per heavy atom. The highest BCUT2D eigenvalue weighted by molar-refractivity contribution is 9.10. The summed E-state index contributed by atoms with van der Waals surface area (Å²) >= 11 is 3.60. The predicted octanol–water partition coefficient (Wildman–Crippen LogP) is 4.85. The molecule has 0 aliphatic rings. The van der Waals surface area contributed by atoms with E-state index in [9.17, 15) is 10.1 Å². The minimum atomic E-state index is -0.418. The standard InChI is InChI=1S/C21H27BrN2O5/c1-3-27-11-5-10-23-14-17-12-20(28-4-2)21(13-19(17)22)29-15-16-6-8-18(9-7-16)24(25)26/h6-9,12-13,23H,3-5,10-11,14-15H2,1-2H3. The summed E-state index contributed by atoms with van der Waals surface area (Å²) in [5.41, 5.74) is 1.98. The van der Waals surface area contributed by atoms with Gasteiger partial charge in [-0.15, -0.1) is 0 Å². The predicted molar refractivity (Wildman–Crippen MR) is 116 cm³/mol. The molecule has 8 heteroatoms. The minimum absolute atomic E-state index is 0.0598. The number of hydrogen-bond acceptors (Lipinski definition) is 6. The minimum Gasteiger partial charge on any atom is -0.490 e. The van der Waals surface area contributed by atoms with Crippen LogP contribution in [-0.2, 0) is 17.9 Å². The third-order valence-corrected chi connectivity index (χ3v) is 4.85. The van der Waals surface area contributed by atoms with Crippen molar-refractivity contribution in [2.75, 3.05) is 26.4 Å². The molecule has 0 aliphatic heterocycles. The Morgan fingerprint density at radius 3 is 2.45 bits per heavy atom. The Hall–Kier alpha value is -2.16. The Labute approximate surface area is 179 Å². The van der Waals surface area contributed by atoms with E-state index in [1.54, 1.807) is 12.1 Å². The van der Waals surface area contributed by atoms with Crippen molar-refractivity contribution in [2.24, 2.45) is 0 Å². The van der Waals surface area contributed by atoms with Crippen LogP contribution in [0.5, 0.6) is 11.5 Å². The second kappa shape index (κ2) is 12.4. The van der Waals surface area contributed by atoms with Gasteiger partial charge >= 0.3 is 0 Å². The van der Waals surface area contributed by atoms with Gasteiger partial charge in [-0.25, -0.2) is 0 Å². The van der Waals surface area contributed by atoms with Crippen LogP contribution in [0.1, 0.15) is 31.4 Å². The molecule has 0 aromatic heterocycles. The summed E-state index contributed by atoms with van der Waals surface area (Å²) in [6.07, 6.45) is 0.959. The van der Waals surface area contributed by atoms with Gasteiger partial charge in [-0.1, -0.05) is 15.9 Å². The molecule has 0 amide bonds. The highest BCUT2D eigenvalue weighted by atomic mass is 79.9. The van der Waals surface area contributed by atoms with Crippen LogP contribution in [0.4, 0.5) is 5.69 Å². The number of rotatable bonds is 13. The van der Waals surface area contributed by atoms with Gasteiger partial charge < -0.3 is 19.5 Å². The summed E-state index contributed by atoms with van der Waals surface area (Å²) in [4.78, 5) is 10.3. The molecule has 2 aromatic carbocycles. The monoisotopic (exact) mass is 466 g/mol. The molecule has 0 saturated heterocycles. The van der Waals surface area contributed by atoms with E-state index in [4.69, 9.17) is 14.2 Å². The SMILES string of the molecule is CCOCCCNCc1cc(OCC)c(OCc2ccc([N+](=O)[O-])cc2)cc1Br. The number of nitro benzene ring substituents is 1. The zero-order chi connectivity index (χ0) is 21.1. The van der Waals surface area contributed by atoms with Crippen LogP contribution in [0, 0.1) is 10.1 Å². The van der Waals surface area contributed by atoms with Gasteiger partial charge in [0.15, 0.2) is 11.5 Å². The number of nitro groups is 1. The van der Waals surface area contributed by atoms with Crippen molar-refractivity contribution in [1.29, 1.82) is 0 Å². The Morgan fingerprint density at radius 1 is 1.07 bits per heavy atom. The highest BCUT2D eigenvalue weighted by Crippen LogP contribution is 2.34. The van der Waals surface area contributed by atoms with E-state index in [-0.39, 0.29) is 5.69 Å². The fourth-order valence-electron chi connectivity index (χ4n) is 2.64. The third kappa shape index (κ3) is 7.64. The maximum Gasteiger partial charge on any atom is 0.269 e. The molecule has 2 aromatic rings. The topological polar surface area (TPSA) is 82.9 Å². The molecule has 0 aliphatic carbocycles. The number of nitrogens with one attached hydrogen (secondary N) is 1. The maximum absolute atomic E-state index is 10.8. The quantitative estimate of drug-likeness (QED) is 0.258. The normalized spacial score (nSPS) is 10.7. The van der Waals surface area contributed by atoms with Crippen molar-refractivity contribution in [3.63, 3.8) is 0 Å². The summed E-state index contributed by atoms with van der Waals surface area (Å²) in [6.45, 7) is 7.80. The van der Waals surface area contributed by atoms with Gasteiger partial charge in [-0.05, 0) is 62.2 Å². The molecular formula is C21H27BrN2O5. The first-order chi connectivity index (χ1) is 14.0. The van der Waals surface area contributed by atoms with E-state index in [1.165, 1.54) is 12.1 Å². The van der Waals surface area contributed by atoms with Gasteiger partial charge in [-0.3, -0.25) is 10.1 Å². The third-order valence-electron chi connectivity index (χ3n) is 4.12. The van der Waals surface area contributed by atoms with E-state index < -0.39 is 4.92 Å². The first kappa shape index (κ1) is 23.1. The van der Waals surface area contributed by atoms with Crippen molar-refractivity contribution in [2.45, 2.75) is 33.4 Å². The lowest BCUT2D eigenvalue weighted by molar-refractivity contribution is -0.384. The number of non-ortho nitro benzene ring substituents is 1. The molecule has 2 rings (SSSR count). The molecule has 0 heterocycles. The molecule has 7 nitrogen and oxygen atoms in total. The average molecular weight is 467 g/mol. The van der Waals surface area contributed by atoms with Crippen molar-refractivity contribution in [1.82, 2.24) is 5.32 Å². The molecule has 0 bridgehead atoms. The van der Waals surface area contributed by atoms with Crippen molar-refractivity contribution >= 4 is 21.6 Å². The summed E-state index contributed by atoms with van der Waals surface area (Å²) in [5, 5.41) is 14.2. The second-order valence-electron chi connectivity index (χ2n) is 6.26. The molecule has 0 radical (unpaired) electrons. The number of ether oxygens (including phenoxy) is 3. The maximum atomic E-state index is 10.8. The van der Waals surface area contributed by atoms with Crippen LogP contribution in [-0.4, -0.2) is 31.3 Å². The summed E-state index contributed by atoms with van der Waals surface area (Å²) in [5.74, 6) is 1.29. The van der Waals surface area contributed by atoms with Crippen molar-refractivity contribution in [3.8, 4) is 11.5 Å². The molecule has 0 spiro atoms. The lowest BCUT2D eigenvalue weighted by Gasteiger charge is -2.15. The van der Waals surface area contributed by atoms with Crippen molar-refractivity contribution in [3.05, 3.63) is 62.1 Å². The Balaban J connectivity index is 1.99. The average Bonchev–Trinajstić information content (AvgIpc) is 2.71. The zero-order valence-corrected chi connectivity index (χ0v) is 18.4. The van der Waals surface area contributed by atoms with Crippen molar-refractivity contribution < 1.29 is 19.1 Å². The molecule has 158 valence electrons. The smallest absolute Gasteiger partial charge is 0.269 e. The largest absolute Gasteiger partial charge is 0.490 e. The Kier molecular flexibility index (Phi) is 9.90. The van der Waals surface area contributed by atoms with E-state index in [0.717, 1.165) is 41.8 Å². The van der Waals surface area contributed by atoms with Crippen LogP contribution < -0.4 is 14.8 Å². The zero-order valence-electron chi connectivity index (χ0n) is 16.8. The van der Waals surface area contributed by atoms with E-state index in [2.05, 4.69) is 21.2 Å². The molecule has 29 heavy (non-hydrogen) atoms. The number of nitrogens with zero attached hydrogens (tertiary/aromatic N) is 1. The highest BCUT2D eigenvalue weighted by Gasteiger charge is 2.12. The number of hydrogen-bond donors (Lipinski definition) is 1. The van der Waals surface area contributed by atoms with E-state index >= 15 is 0 Å². The lowest BCUT2D eigenvalue weighted by Crippen LogP contribution is -2.17. The van der Waals surface area contributed by atoms with Crippen LogP contribution in [0.15, 0.2) is 40.9 Å². The molecule has 0 saturated carbocycles. The van der Waals surface area contributed by atoms with Gasteiger partial charge in [0.2, 0.25) is 0 Å². The van der Waals surface area contributed by atoms with E-state index in [1.807, 2.05) is 26.0 Å². The molecule has 0 atom stereocenters.